The van der Waals surface area contributed by atoms with Gasteiger partial charge < -0.3 is 15.3 Å². The average molecular weight is 325 g/mol. The first-order valence-corrected chi connectivity index (χ1v) is 6.27. The summed E-state index contributed by atoms with van der Waals surface area (Å²) in [5.41, 5.74) is 0. The van der Waals surface area contributed by atoms with E-state index in [1.165, 1.54) is 0 Å². The number of hydrogen-bond donors (Lipinski definition) is 3. The Hall–Kier alpha value is -2.62. The Kier molecular flexibility index (Phi) is 223. The van der Waals surface area contributed by atoms with Crippen LogP contribution >= 0.6 is 0 Å². The molecule has 0 heterocycles. The normalized spacial score (nSPS) is 4.96. The standard InChI is InChI=1S/C6H6O.C2H6O2.6C2H4/c7-6-4-2-1-3-5-6;3-1-2-4;6*1-2/h1-5,7H;3-4H,1-2H2;6*1-2H2. The predicted octanol–water partition coefficient (Wildman–Crippen LogP) is 5.18. The molecular weight excluding hydrogens is 288 g/mol. The molecule has 1 aromatic rings. The van der Waals surface area contributed by atoms with Crippen molar-refractivity contribution in [3.63, 3.8) is 0 Å². The van der Waals surface area contributed by atoms with Crippen molar-refractivity contribution in [3.05, 3.63) is 109 Å². The van der Waals surface area contributed by atoms with Gasteiger partial charge in [-0.15, -0.1) is 78.9 Å². The van der Waals surface area contributed by atoms with Gasteiger partial charge in [0.2, 0.25) is 0 Å². The van der Waals surface area contributed by atoms with Gasteiger partial charge in [0.25, 0.3) is 0 Å². The van der Waals surface area contributed by atoms with E-state index in [0.717, 1.165) is 0 Å². The third kappa shape index (κ3) is 144. The van der Waals surface area contributed by atoms with Crippen molar-refractivity contribution in [3.8, 4) is 5.75 Å². The summed E-state index contributed by atoms with van der Waals surface area (Å²) in [4.78, 5) is 0. The van der Waals surface area contributed by atoms with Crippen LogP contribution in [0.25, 0.3) is 0 Å². The van der Waals surface area contributed by atoms with E-state index >= 15 is 0 Å². The molecule has 0 amide bonds. The fraction of sp³-hybridized carbons (Fsp3) is 0.100. The molecule has 1 rings (SSSR count). The second-order valence-electron chi connectivity index (χ2n) is 1.78. The lowest BCUT2D eigenvalue weighted by atomic mass is 10.3. The first kappa shape index (κ1) is 42.8. The number of para-hydroxylation sites is 1. The van der Waals surface area contributed by atoms with Crippen molar-refractivity contribution in [2.75, 3.05) is 13.2 Å². The summed E-state index contributed by atoms with van der Waals surface area (Å²) < 4.78 is 0. The van der Waals surface area contributed by atoms with E-state index in [9.17, 15) is 0 Å². The van der Waals surface area contributed by atoms with Crippen LogP contribution in [0.15, 0.2) is 109 Å². The lowest BCUT2D eigenvalue weighted by molar-refractivity contribution is 0.186. The van der Waals surface area contributed by atoms with Crippen LogP contribution in [-0.2, 0) is 0 Å². The maximum Gasteiger partial charge on any atom is 0.115 e. The Balaban J connectivity index is -0.0000000282. The van der Waals surface area contributed by atoms with Gasteiger partial charge in [0.15, 0.2) is 0 Å². The summed E-state index contributed by atoms with van der Waals surface area (Å²) in [7, 11) is 0. The molecule has 0 atom stereocenters. The van der Waals surface area contributed by atoms with Crippen molar-refractivity contribution in [2.45, 2.75) is 0 Å². The third-order valence-electron chi connectivity index (χ3n) is 0.856. The molecule has 0 saturated heterocycles. The SMILES string of the molecule is C=C.C=C.C=C.C=C.C=C.C=C.OCCO.Oc1ccccc1. The molecule has 134 valence electrons. The highest BCUT2D eigenvalue weighted by Crippen LogP contribution is 2.02. The molecule has 0 saturated carbocycles. The van der Waals surface area contributed by atoms with Gasteiger partial charge in [0, 0.05) is 0 Å². The second-order valence-corrected chi connectivity index (χ2v) is 1.78. The van der Waals surface area contributed by atoms with E-state index in [1.54, 1.807) is 24.3 Å². The minimum Gasteiger partial charge on any atom is -0.508 e. The van der Waals surface area contributed by atoms with E-state index in [4.69, 9.17) is 15.3 Å². The zero-order valence-electron chi connectivity index (χ0n) is 14.6. The molecule has 1 aromatic carbocycles. The minimum absolute atomic E-state index is 0.125. The number of aliphatic hydroxyl groups is 2. The molecule has 3 N–H and O–H groups in total. The van der Waals surface area contributed by atoms with Gasteiger partial charge in [-0.3, -0.25) is 0 Å². The number of phenolic OH excluding ortho intramolecular Hbond substituents is 1. The van der Waals surface area contributed by atoms with Gasteiger partial charge in [-0.2, -0.15) is 0 Å². The number of benzene rings is 1. The number of rotatable bonds is 1. The quantitative estimate of drug-likeness (QED) is 0.624. The lowest BCUT2D eigenvalue weighted by Crippen LogP contribution is -1.85. The van der Waals surface area contributed by atoms with Gasteiger partial charge in [0.1, 0.15) is 5.75 Å². The van der Waals surface area contributed by atoms with E-state index in [-0.39, 0.29) is 13.2 Å². The largest absolute Gasteiger partial charge is 0.508 e. The average Bonchev–Trinajstić information content (AvgIpc) is 2.72. The van der Waals surface area contributed by atoms with Crippen LogP contribution in [0.5, 0.6) is 5.75 Å². The highest BCUT2D eigenvalue weighted by molar-refractivity contribution is 5.18. The molecule has 0 unspecified atom stereocenters. The molecule has 0 aliphatic heterocycles. The zero-order chi connectivity index (χ0) is 20.5. The van der Waals surface area contributed by atoms with Gasteiger partial charge in [-0.1, -0.05) is 18.2 Å². The fourth-order valence-corrected chi connectivity index (χ4v) is 0.428. The van der Waals surface area contributed by atoms with Gasteiger partial charge in [-0.25, -0.2) is 0 Å². The van der Waals surface area contributed by atoms with Crippen LogP contribution in [0.1, 0.15) is 0 Å². The molecule has 0 fully saturated rings. The Morgan fingerprint density at radius 1 is 0.522 bits per heavy atom. The Morgan fingerprint density at radius 3 is 0.826 bits per heavy atom. The second kappa shape index (κ2) is 120. The van der Waals surface area contributed by atoms with Crippen LogP contribution in [0.4, 0.5) is 0 Å². The Labute approximate surface area is 144 Å². The monoisotopic (exact) mass is 324 g/mol. The topological polar surface area (TPSA) is 60.7 Å². The lowest BCUT2D eigenvalue weighted by Gasteiger charge is -1.82. The Morgan fingerprint density at radius 2 is 0.739 bits per heavy atom. The van der Waals surface area contributed by atoms with Crippen LogP contribution in [0, 0.1) is 0 Å². The van der Waals surface area contributed by atoms with E-state index in [0.29, 0.717) is 5.75 Å². The summed E-state index contributed by atoms with van der Waals surface area (Å²) in [6.07, 6.45) is 0. The number of hydrogen-bond acceptors (Lipinski definition) is 3. The first-order chi connectivity index (χ1) is 11.3. The maximum atomic E-state index is 8.63. The Bertz CT molecular complexity index is 220. The fourth-order valence-electron chi connectivity index (χ4n) is 0.428. The molecule has 0 aliphatic rings. The summed E-state index contributed by atoms with van der Waals surface area (Å²) in [6.45, 7) is 35.8. The third-order valence-corrected chi connectivity index (χ3v) is 0.856. The van der Waals surface area contributed by atoms with Crippen LogP contribution in [-0.4, -0.2) is 28.5 Å². The highest BCUT2D eigenvalue weighted by Gasteiger charge is 1.74. The molecule has 3 nitrogen and oxygen atoms in total. The number of phenols is 1. The van der Waals surface area contributed by atoms with E-state index in [2.05, 4.69) is 78.9 Å². The first-order valence-electron chi connectivity index (χ1n) is 6.27. The van der Waals surface area contributed by atoms with Gasteiger partial charge in [0.05, 0.1) is 13.2 Å². The molecule has 0 aliphatic carbocycles. The van der Waals surface area contributed by atoms with Crippen LogP contribution in [0.2, 0.25) is 0 Å². The molecule has 0 radical (unpaired) electrons. The van der Waals surface area contributed by atoms with E-state index in [1.807, 2.05) is 6.07 Å². The summed E-state index contributed by atoms with van der Waals surface area (Å²) >= 11 is 0. The molecule has 3 heteroatoms. The number of aliphatic hydroxyl groups excluding tert-OH is 2. The molecule has 0 spiro atoms. The highest BCUT2D eigenvalue weighted by atomic mass is 16.3. The summed E-state index contributed by atoms with van der Waals surface area (Å²) in [6, 6.07) is 8.71. The van der Waals surface area contributed by atoms with Crippen LogP contribution < -0.4 is 0 Å². The molecule has 0 bridgehead atoms. The van der Waals surface area contributed by atoms with Crippen molar-refractivity contribution in [1.82, 2.24) is 0 Å². The van der Waals surface area contributed by atoms with Crippen molar-refractivity contribution in [1.29, 1.82) is 0 Å². The van der Waals surface area contributed by atoms with Crippen molar-refractivity contribution in [2.24, 2.45) is 0 Å². The minimum atomic E-state index is -0.125. The predicted molar refractivity (Wildman–Crippen MR) is 110 cm³/mol. The summed E-state index contributed by atoms with van der Waals surface area (Å²) in [5, 5.41) is 23.9. The van der Waals surface area contributed by atoms with Gasteiger partial charge >= 0.3 is 0 Å². The van der Waals surface area contributed by atoms with Crippen LogP contribution in [0.3, 0.4) is 0 Å². The molecule has 23 heavy (non-hydrogen) atoms. The molecular formula is C20H36O3. The van der Waals surface area contributed by atoms with Crippen molar-refractivity contribution >= 4 is 0 Å². The smallest absolute Gasteiger partial charge is 0.115 e. The van der Waals surface area contributed by atoms with Gasteiger partial charge in [-0.05, 0) is 12.1 Å². The zero-order valence-corrected chi connectivity index (χ0v) is 14.6. The summed E-state index contributed by atoms with van der Waals surface area (Å²) in [5.74, 6) is 0.322. The number of aromatic hydroxyl groups is 1. The molecule has 0 aromatic heterocycles. The maximum absolute atomic E-state index is 8.63. The van der Waals surface area contributed by atoms with Crippen molar-refractivity contribution < 1.29 is 15.3 Å². The van der Waals surface area contributed by atoms with E-state index < -0.39 is 0 Å².